The fourth-order valence-electron chi connectivity index (χ4n) is 3.17. The molecule has 2 aromatic rings. The minimum Gasteiger partial charge on any atom is -0.361 e. The number of hydrogen-bond acceptors (Lipinski definition) is 9. The third kappa shape index (κ3) is 4.89. The van der Waals surface area contributed by atoms with Gasteiger partial charge in [0.05, 0.1) is 9.85 Å². The highest BCUT2D eigenvalue weighted by Crippen LogP contribution is 2.31. The highest BCUT2D eigenvalue weighted by Gasteiger charge is 2.26. The lowest BCUT2D eigenvalue weighted by Gasteiger charge is -2.23. The number of benzene rings is 1. The van der Waals surface area contributed by atoms with Crippen LogP contribution in [0.3, 0.4) is 0 Å². The third-order valence-corrected chi connectivity index (χ3v) is 4.97. The van der Waals surface area contributed by atoms with Crippen LogP contribution in [0.1, 0.15) is 42.5 Å². The van der Waals surface area contributed by atoms with Crippen molar-refractivity contribution in [2.45, 2.75) is 38.1 Å². The minimum absolute atomic E-state index is 0.0563. The number of hydrogen-bond donors (Lipinski definition) is 3. The molecule has 3 rings (SSSR count). The average Bonchev–Trinajstić information content (AvgIpc) is 2.72. The van der Waals surface area contributed by atoms with Crippen LogP contribution in [-0.2, 0) is 0 Å². The lowest BCUT2D eigenvalue weighted by atomic mass is 9.95. The van der Waals surface area contributed by atoms with Crippen LogP contribution >= 0.6 is 11.6 Å². The van der Waals surface area contributed by atoms with E-state index in [1.165, 1.54) is 12.1 Å². The van der Waals surface area contributed by atoms with Crippen LogP contribution in [0.5, 0.6) is 0 Å². The number of nitro groups is 2. The van der Waals surface area contributed by atoms with E-state index in [0.29, 0.717) is 0 Å². The van der Waals surface area contributed by atoms with E-state index in [4.69, 9.17) is 11.6 Å². The zero-order valence-corrected chi connectivity index (χ0v) is 16.4. The Kier molecular flexibility index (Phi) is 6.57. The topological polar surface area (TPSA) is 165 Å². The first kappa shape index (κ1) is 21.2. The van der Waals surface area contributed by atoms with E-state index in [9.17, 15) is 25.0 Å². The molecule has 1 amide bonds. The Morgan fingerprint density at radius 2 is 1.77 bits per heavy atom. The quantitative estimate of drug-likeness (QED) is 0.436. The van der Waals surface area contributed by atoms with Gasteiger partial charge in [-0.25, -0.2) is 9.97 Å². The van der Waals surface area contributed by atoms with Crippen molar-refractivity contribution in [3.05, 3.63) is 55.3 Å². The van der Waals surface area contributed by atoms with Gasteiger partial charge >= 0.3 is 5.69 Å². The maximum atomic E-state index is 12.3. The summed E-state index contributed by atoms with van der Waals surface area (Å²) in [6.45, 7) is 0. The molecule has 1 heterocycles. The van der Waals surface area contributed by atoms with Gasteiger partial charge in [-0.3, -0.25) is 35.9 Å². The molecule has 0 saturated heterocycles. The molecule has 13 heteroatoms. The van der Waals surface area contributed by atoms with Gasteiger partial charge in [0.15, 0.2) is 0 Å². The molecule has 1 fully saturated rings. The van der Waals surface area contributed by atoms with Crippen molar-refractivity contribution in [3.8, 4) is 0 Å². The standard InChI is InChI=1S/C17H18ClN7O5/c18-12-7-6-10(8-13(12)24(27)28)17(26)23-22-16-14(25(29)30)15(19-9-20-16)21-11-4-2-1-3-5-11/h6-9,11H,1-5H2,(H,23,26)(H2,19,20,21,22). The van der Waals surface area contributed by atoms with Gasteiger partial charge in [0.1, 0.15) is 11.3 Å². The number of rotatable bonds is 7. The predicted molar refractivity (Wildman–Crippen MR) is 108 cm³/mol. The summed E-state index contributed by atoms with van der Waals surface area (Å²) in [4.78, 5) is 41.3. The van der Waals surface area contributed by atoms with E-state index in [1.807, 2.05) is 0 Å². The smallest absolute Gasteiger partial charge is 0.354 e. The van der Waals surface area contributed by atoms with Crippen molar-refractivity contribution >= 4 is 40.5 Å². The van der Waals surface area contributed by atoms with Crippen molar-refractivity contribution in [1.29, 1.82) is 0 Å². The highest BCUT2D eigenvalue weighted by molar-refractivity contribution is 6.32. The average molecular weight is 436 g/mol. The number of amides is 1. The second kappa shape index (κ2) is 9.31. The zero-order chi connectivity index (χ0) is 21.7. The Labute approximate surface area is 175 Å². The Hall–Kier alpha value is -3.54. The first-order chi connectivity index (χ1) is 14.4. The van der Waals surface area contributed by atoms with E-state index >= 15 is 0 Å². The monoisotopic (exact) mass is 435 g/mol. The number of nitro benzene ring substituents is 1. The minimum atomic E-state index is -0.760. The van der Waals surface area contributed by atoms with Gasteiger partial charge in [-0.05, 0) is 25.0 Å². The molecule has 1 aromatic carbocycles. The van der Waals surface area contributed by atoms with Crippen molar-refractivity contribution in [3.63, 3.8) is 0 Å². The molecule has 1 aromatic heterocycles. The van der Waals surface area contributed by atoms with E-state index in [1.54, 1.807) is 0 Å². The molecule has 0 atom stereocenters. The molecule has 1 aliphatic carbocycles. The summed E-state index contributed by atoms with van der Waals surface area (Å²) in [5, 5.41) is 25.5. The van der Waals surface area contributed by atoms with Gasteiger partial charge in [0.25, 0.3) is 11.6 Å². The normalized spacial score (nSPS) is 14.0. The lowest BCUT2D eigenvalue weighted by molar-refractivity contribution is -0.384. The molecule has 0 unspecified atom stereocenters. The molecule has 12 nitrogen and oxygen atoms in total. The van der Waals surface area contributed by atoms with Crippen LogP contribution in [0.25, 0.3) is 0 Å². The lowest BCUT2D eigenvalue weighted by Crippen LogP contribution is -2.30. The summed E-state index contributed by atoms with van der Waals surface area (Å²) in [6.07, 6.45) is 6.10. The molecule has 0 spiro atoms. The number of carbonyl (C=O) groups excluding carboxylic acids is 1. The SMILES string of the molecule is O=C(NNc1ncnc(NC2CCCCC2)c1[N+](=O)[O-])c1ccc(Cl)c([N+](=O)[O-])c1. The maximum absolute atomic E-state index is 12.3. The van der Waals surface area contributed by atoms with Crippen molar-refractivity contribution < 1.29 is 14.6 Å². The Morgan fingerprint density at radius 1 is 1.07 bits per heavy atom. The summed E-state index contributed by atoms with van der Waals surface area (Å²) in [5.41, 5.74) is 3.74. The molecular weight excluding hydrogens is 418 g/mol. The number of nitrogens with zero attached hydrogens (tertiary/aromatic N) is 4. The van der Waals surface area contributed by atoms with Gasteiger partial charge in [0.2, 0.25) is 11.6 Å². The fraction of sp³-hybridized carbons (Fsp3) is 0.353. The summed E-state index contributed by atoms with van der Waals surface area (Å²) >= 11 is 5.73. The first-order valence-corrected chi connectivity index (χ1v) is 9.51. The van der Waals surface area contributed by atoms with E-state index in [0.717, 1.165) is 44.5 Å². The van der Waals surface area contributed by atoms with E-state index < -0.39 is 27.1 Å². The Morgan fingerprint density at radius 3 is 2.43 bits per heavy atom. The van der Waals surface area contributed by atoms with Gasteiger partial charge < -0.3 is 5.32 Å². The summed E-state index contributed by atoms with van der Waals surface area (Å²) in [7, 11) is 0. The van der Waals surface area contributed by atoms with Crippen molar-refractivity contribution in [1.82, 2.24) is 15.4 Å². The molecule has 3 N–H and O–H groups in total. The van der Waals surface area contributed by atoms with Crippen LogP contribution in [0, 0.1) is 20.2 Å². The Bertz CT molecular complexity index is 981. The predicted octanol–water partition coefficient (Wildman–Crippen LogP) is 3.45. The summed E-state index contributed by atoms with van der Waals surface area (Å²) in [5.74, 6) is -0.921. The largest absolute Gasteiger partial charge is 0.361 e. The molecular formula is C17H18ClN7O5. The van der Waals surface area contributed by atoms with Gasteiger partial charge in [-0.1, -0.05) is 30.9 Å². The van der Waals surface area contributed by atoms with Gasteiger partial charge in [-0.15, -0.1) is 0 Å². The fourth-order valence-corrected chi connectivity index (χ4v) is 3.36. The molecule has 0 radical (unpaired) electrons. The highest BCUT2D eigenvalue weighted by atomic mass is 35.5. The molecule has 158 valence electrons. The molecule has 1 aliphatic rings. The number of anilines is 2. The number of carbonyl (C=O) groups is 1. The van der Waals surface area contributed by atoms with Crippen molar-refractivity contribution in [2.24, 2.45) is 0 Å². The zero-order valence-electron chi connectivity index (χ0n) is 15.6. The first-order valence-electron chi connectivity index (χ1n) is 9.13. The Balaban J connectivity index is 1.77. The van der Waals surface area contributed by atoms with Crippen LogP contribution in [-0.4, -0.2) is 31.8 Å². The van der Waals surface area contributed by atoms with Crippen LogP contribution in [0.2, 0.25) is 5.02 Å². The van der Waals surface area contributed by atoms with E-state index in [-0.39, 0.29) is 28.3 Å². The second-order valence-corrected chi connectivity index (χ2v) is 7.07. The number of aromatic nitrogens is 2. The van der Waals surface area contributed by atoms with Gasteiger partial charge in [0, 0.05) is 17.7 Å². The molecule has 0 bridgehead atoms. The summed E-state index contributed by atoms with van der Waals surface area (Å²) in [6, 6.07) is 3.58. The van der Waals surface area contributed by atoms with Gasteiger partial charge in [-0.2, -0.15) is 0 Å². The van der Waals surface area contributed by atoms with Crippen molar-refractivity contribution in [2.75, 3.05) is 10.7 Å². The second-order valence-electron chi connectivity index (χ2n) is 6.66. The molecule has 30 heavy (non-hydrogen) atoms. The van der Waals surface area contributed by atoms with Crippen LogP contribution in [0.4, 0.5) is 23.0 Å². The number of halogens is 1. The molecule has 1 saturated carbocycles. The number of nitrogens with one attached hydrogen (secondary N) is 3. The number of hydrazine groups is 1. The van der Waals surface area contributed by atoms with E-state index in [2.05, 4.69) is 26.1 Å². The third-order valence-electron chi connectivity index (χ3n) is 4.65. The summed E-state index contributed by atoms with van der Waals surface area (Å²) < 4.78 is 0. The van der Waals surface area contributed by atoms with Crippen LogP contribution in [0.15, 0.2) is 24.5 Å². The van der Waals surface area contributed by atoms with Crippen LogP contribution < -0.4 is 16.2 Å². The molecule has 0 aliphatic heterocycles. The maximum Gasteiger partial charge on any atom is 0.354 e.